The topological polar surface area (TPSA) is 130 Å². The number of halogens is 1. The predicted molar refractivity (Wildman–Crippen MR) is 72.6 cm³/mol. The number of nitrogens with zero attached hydrogens (tertiary/aromatic N) is 2. The van der Waals surface area contributed by atoms with Crippen molar-refractivity contribution in [3.8, 4) is 0 Å². The van der Waals surface area contributed by atoms with Gasteiger partial charge in [0.15, 0.2) is 0 Å². The number of carbonyl (C=O) groups excluding carboxylic acids is 1. The lowest BCUT2D eigenvalue weighted by molar-refractivity contribution is -0.384. The number of nitro benzene ring substituents is 1. The summed E-state index contributed by atoms with van der Waals surface area (Å²) in [6.45, 7) is -0.680. The van der Waals surface area contributed by atoms with Crippen molar-refractivity contribution in [2.45, 2.75) is 0 Å². The molecule has 0 bridgehead atoms. The third-order valence-corrected chi connectivity index (χ3v) is 2.90. The van der Waals surface area contributed by atoms with E-state index in [2.05, 4.69) is 0 Å². The first kappa shape index (κ1) is 16.2. The van der Waals surface area contributed by atoms with Crippen molar-refractivity contribution in [1.82, 2.24) is 4.90 Å². The molecule has 1 aromatic rings. The number of aliphatic hydroxyl groups is 2. The second-order valence-electron chi connectivity index (χ2n) is 3.89. The van der Waals surface area contributed by atoms with Crippen LogP contribution in [-0.4, -0.2) is 52.2 Å². The molecule has 8 nitrogen and oxygen atoms in total. The van der Waals surface area contributed by atoms with Gasteiger partial charge in [-0.2, -0.15) is 0 Å². The third-order valence-electron chi connectivity index (χ3n) is 2.58. The minimum atomic E-state index is -0.690. The number of aliphatic hydroxyl groups excluding tert-OH is 2. The summed E-state index contributed by atoms with van der Waals surface area (Å²) in [5, 5.41) is 28.4. The number of nitrogen functional groups attached to an aromatic ring is 1. The zero-order valence-electron chi connectivity index (χ0n) is 10.5. The van der Waals surface area contributed by atoms with E-state index < -0.39 is 10.8 Å². The van der Waals surface area contributed by atoms with Gasteiger partial charge < -0.3 is 20.8 Å². The van der Waals surface area contributed by atoms with Gasteiger partial charge in [0.25, 0.3) is 11.6 Å². The van der Waals surface area contributed by atoms with E-state index in [1.54, 1.807) is 0 Å². The number of anilines is 1. The van der Waals surface area contributed by atoms with Gasteiger partial charge in [0.2, 0.25) is 0 Å². The largest absolute Gasteiger partial charge is 0.397 e. The molecular weight excluding hydrogens is 290 g/mol. The zero-order valence-corrected chi connectivity index (χ0v) is 11.2. The van der Waals surface area contributed by atoms with Crippen LogP contribution >= 0.6 is 11.6 Å². The Morgan fingerprint density at radius 1 is 1.35 bits per heavy atom. The Hall–Kier alpha value is -1.90. The molecule has 4 N–H and O–H groups in total. The molecule has 0 fully saturated rings. The maximum absolute atomic E-state index is 12.2. The standard InChI is InChI=1S/C11H14ClN3O5/c12-9-6-7(15(19)20)5-8(10(9)13)11(18)14(1-3-16)2-4-17/h5-6,16-17H,1-4,13H2. The summed E-state index contributed by atoms with van der Waals surface area (Å²) in [5.41, 5.74) is 5.08. The number of carbonyl (C=O) groups is 1. The van der Waals surface area contributed by atoms with Crippen LogP contribution in [0, 0.1) is 10.1 Å². The number of benzene rings is 1. The number of hydrogen-bond donors (Lipinski definition) is 3. The normalized spacial score (nSPS) is 10.3. The highest BCUT2D eigenvalue weighted by atomic mass is 35.5. The van der Waals surface area contributed by atoms with Gasteiger partial charge in [-0.15, -0.1) is 0 Å². The summed E-state index contributed by atoms with van der Waals surface area (Å²) in [5.74, 6) is -0.642. The Balaban J connectivity index is 3.22. The van der Waals surface area contributed by atoms with Gasteiger partial charge in [-0.1, -0.05) is 11.6 Å². The molecule has 0 aliphatic carbocycles. The van der Waals surface area contributed by atoms with Gasteiger partial charge in [0.05, 0.1) is 34.4 Å². The molecule has 110 valence electrons. The van der Waals surface area contributed by atoms with Crippen molar-refractivity contribution < 1.29 is 19.9 Å². The highest BCUT2D eigenvalue weighted by molar-refractivity contribution is 6.34. The van der Waals surface area contributed by atoms with Crippen molar-refractivity contribution in [2.24, 2.45) is 0 Å². The predicted octanol–water partition coefficient (Wildman–Crippen LogP) is 0.257. The fourth-order valence-corrected chi connectivity index (χ4v) is 1.83. The van der Waals surface area contributed by atoms with Crippen molar-refractivity contribution in [3.63, 3.8) is 0 Å². The first-order chi connectivity index (χ1) is 9.42. The molecule has 0 aromatic heterocycles. The van der Waals surface area contributed by atoms with Gasteiger partial charge >= 0.3 is 0 Å². The smallest absolute Gasteiger partial charge is 0.271 e. The van der Waals surface area contributed by atoms with Crippen LogP contribution in [0.1, 0.15) is 10.4 Å². The Morgan fingerprint density at radius 2 is 1.90 bits per heavy atom. The van der Waals surface area contributed by atoms with Crippen molar-refractivity contribution in [3.05, 3.63) is 32.8 Å². The Labute approximate surface area is 119 Å². The number of nitrogens with two attached hydrogens (primary N) is 1. The van der Waals surface area contributed by atoms with Crippen LogP contribution in [0.5, 0.6) is 0 Å². The van der Waals surface area contributed by atoms with E-state index in [4.69, 9.17) is 27.5 Å². The molecule has 0 atom stereocenters. The molecule has 0 saturated carbocycles. The van der Waals surface area contributed by atoms with Crippen LogP contribution in [0.2, 0.25) is 5.02 Å². The first-order valence-electron chi connectivity index (χ1n) is 5.66. The fourth-order valence-electron chi connectivity index (χ4n) is 1.61. The lowest BCUT2D eigenvalue weighted by Crippen LogP contribution is -2.36. The Morgan fingerprint density at radius 3 is 2.35 bits per heavy atom. The molecule has 0 spiro atoms. The van der Waals surface area contributed by atoms with E-state index in [1.165, 1.54) is 0 Å². The average Bonchev–Trinajstić information content (AvgIpc) is 2.40. The van der Waals surface area contributed by atoms with Gasteiger partial charge in [-0.25, -0.2) is 0 Å². The summed E-state index contributed by atoms with van der Waals surface area (Å²) in [6.07, 6.45) is 0. The van der Waals surface area contributed by atoms with Crippen molar-refractivity contribution in [2.75, 3.05) is 32.0 Å². The van der Waals surface area contributed by atoms with Crippen LogP contribution in [-0.2, 0) is 0 Å². The Bertz CT molecular complexity index is 517. The fraction of sp³-hybridized carbons (Fsp3) is 0.364. The lowest BCUT2D eigenvalue weighted by Gasteiger charge is -2.21. The van der Waals surface area contributed by atoms with Crippen LogP contribution in [0.3, 0.4) is 0 Å². The molecule has 1 rings (SSSR count). The van der Waals surface area contributed by atoms with Crippen LogP contribution in [0.25, 0.3) is 0 Å². The molecule has 0 aliphatic heterocycles. The van der Waals surface area contributed by atoms with Gasteiger partial charge in [-0.3, -0.25) is 14.9 Å². The minimum absolute atomic E-state index is 0.0286. The Kier molecular flexibility index (Phi) is 5.68. The van der Waals surface area contributed by atoms with Crippen molar-refractivity contribution in [1.29, 1.82) is 0 Å². The molecule has 0 heterocycles. The summed E-state index contributed by atoms with van der Waals surface area (Å²) >= 11 is 5.77. The second kappa shape index (κ2) is 7.04. The maximum Gasteiger partial charge on any atom is 0.271 e. The first-order valence-corrected chi connectivity index (χ1v) is 6.04. The molecular formula is C11H14ClN3O5. The van der Waals surface area contributed by atoms with Gasteiger partial charge in [0, 0.05) is 25.2 Å². The molecule has 0 aliphatic rings. The molecule has 0 saturated heterocycles. The van der Waals surface area contributed by atoms with E-state index in [0.29, 0.717) is 0 Å². The van der Waals surface area contributed by atoms with E-state index in [0.717, 1.165) is 17.0 Å². The molecule has 0 radical (unpaired) electrons. The summed E-state index contributed by atoms with van der Waals surface area (Å²) in [4.78, 5) is 23.4. The van der Waals surface area contributed by atoms with E-state index in [-0.39, 0.29) is 48.3 Å². The molecule has 20 heavy (non-hydrogen) atoms. The molecule has 1 amide bonds. The van der Waals surface area contributed by atoms with Gasteiger partial charge in [0.1, 0.15) is 0 Å². The minimum Gasteiger partial charge on any atom is -0.397 e. The number of rotatable bonds is 6. The van der Waals surface area contributed by atoms with Crippen molar-refractivity contribution >= 4 is 28.9 Å². The monoisotopic (exact) mass is 303 g/mol. The molecule has 9 heteroatoms. The van der Waals surface area contributed by atoms with Gasteiger partial charge in [-0.05, 0) is 0 Å². The lowest BCUT2D eigenvalue weighted by atomic mass is 10.1. The number of amides is 1. The third kappa shape index (κ3) is 3.56. The second-order valence-corrected chi connectivity index (χ2v) is 4.29. The maximum atomic E-state index is 12.2. The highest BCUT2D eigenvalue weighted by Crippen LogP contribution is 2.29. The van der Waals surface area contributed by atoms with Crippen LogP contribution in [0.15, 0.2) is 12.1 Å². The highest BCUT2D eigenvalue weighted by Gasteiger charge is 2.22. The number of nitro groups is 1. The summed E-state index contributed by atoms with van der Waals surface area (Å²) in [7, 11) is 0. The number of non-ortho nitro benzene ring substituents is 1. The van der Waals surface area contributed by atoms with E-state index in [1.807, 2.05) is 0 Å². The zero-order chi connectivity index (χ0) is 15.3. The van der Waals surface area contributed by atoms with E-state index >= 15 is 0 Å². The quantitative estimate of drug-likeness (QED) is 0.392. The van der Waals surface area contributed by atoms with Crippen LogP contribution in [0.4, 0.5) is 11.4 Å². The van der Waals surface area contributed by atoms with E-state index in [9.17, 15) is 14.9 Å². The SMILES string of the molecule is Nc1c(Cl)cc([N+](=O)[O-])cc1C(=O)N(CCO)CCO. The average molecular weight is 304 g/mol. The number of hydrogen-bond acceptors (Lipinski definition) is 6. The van der Waals surface area contributed by atoms with Crippen LogP contribution < -0.4 is 5.73 Å². The summed E-state index contributed by atoms with van der Waals surface area (Å²) in [6, 6.07) is 2.07. The summed E-state index contributed by atoms with van der Waals surface area (Å²) < 4.78 is 0. The molecule has 0 unspecified atom stereocenters. The molecule has 1 aromatic carbocycles.